The molecule has 0 amide bonds. The lowest BCUT2D eigenvalue weighted by Crippen LogP contribution is -2.16. The summed E-state index contributed by atoms with van der Waals surface area (Å²) in [5.41, 5.74) is 4.80. The van der Waals surface area contributed by atoms with Crippen LogP contribution in [0.25, 0.3) is 0 Å². The molecule has 0 saturated carbocycles. The van der Waals surface area contributed by atoms with Crippen molar-refractivity contribution in [3.63, 3.8) is 0 Å². The van der Waals surface area contributed by atoms with Crippen molar-refractivity contribution in [3.05, 3.63) is 64.2 Å². The van der Waals surface area contributed by atoms with E-state index in [1.807, 2.05) is 18.2 Å². The predicted octanol–water partition coefficient (Wildman–Crippen LogP) is 5.02. The van der Waals surface area contributed by atoms with Gasteiger partial charge in [0.2, 0.25) is 0 Å². The number of hydrogen-bond donors (Lipinski definition) is 0. The highest BCUT2D eigenvalue weighted by atomic mass is 35.5. The van der Waals surface area contributed by atoms with Crippen LogP contribution < -0.4 is 4.90 Å². The molecule has 0 aliphatic rings. The first-order valence-corrected chi connectivity index (χ1v) is 7.12. The Kier molecular flexibility index (Phi) is 4.73. The zero-order valence-corrected chi connectivity index (χ0v) is 12.7. The molecular formula is C16H17Cl2N. The van der Waals surface area contributed by atoms with Gasteiger partial charge in [-0.15, -0.1) is 11.6 Å². The van der Waals surface area contributed by atoms with Gasteiger partial charge in [-0.25, -0.2) is 0 Å². The second-order valence-electron chi connectivity index (χ2n) is 4.73. The van der Waals surface area contributed by atoms with Gasteiger partial charge >= 0.3 is 0 Å². The fraction of sp³-hybridized carbons (Fsp3) is 0.250. The Balaban J connectivity index is 2.15. The highest BCUT2D eigenvalue weighted by Crippen LogP contribution is 2.21. The van der Waals surface area contributed by atoms with E-state index in [0.29, 0.717) is 5.88 Å². The molecule has 0 fully saturated rings. The first-order valence-electron chi connectivity index (χ1n) is 6.21. The Bertz CT molecular complexity index is 566. The van der Waals surface area contributed by atoms with Crippen molar-refractivity contribution in [3.8, 4) is 0 Å². The minimum Gasteiger partial charge on any atom is -0.370 e. The summed E-state index contributed by atoms with van der Waals surface area (Å²) in [5.74, 6) is 0.560. The van der Waals surface area contributed by atoms with Gasteiger partial charge in [0.15, 0.2) is 0 Å². The summed E-state index contributed by atoms with van der Waals surface area (Å²) >= 11 is 11.9. The molecule has 2 aromatic carbocycles. The van der Waals surface area contributed by atoms with Crippen LogP contribution in [0.15, 0.2) is 42.5 Å². The Morgan fingerprint density at radius 1 is 1.11 bits per heavy atom. The minimum absolute atomic E-state index is 0.560. The quantitative estimate of drug-likeness (QED) is 0.715. The summed E-state index contributed by atoms with van der Waals surface area (Å²) in [5, 5.41) is 0.777. The number of halogens is 2. The first kappa shape index (κ1) is 14.2. The van der Waals surface area contributed by atoms with E-state index >= 15 is 0 Å². The van der Waals surface area contributed by atoms with Gasteiger partial charge in [0.1, 0.15) is 0 Å². The molecule has 0 heterocycles. The molecule has 0 aliphatic carbocycles. The molecule has 0 unspecified atom stereocenters. The van der Waals surface area contributed by atoms with Gasteiger partial charge in [0, 0.05) is 30.2 Å². The lowest BCUT2D eigenvalue weighted by atomic mass is 10.1. The fourth-order valence-electron chi connectivity index (χ4n) is 2.07. The van der Waals surface area contributed by atoms with Crippen LogP contribution in [0.1, 0.15) is 16.7 Å². The topological polar surface area (TPSA) is 3.24 Å². The molecule has 0 radical (unpaired) electrons. The third-order valence-electron chi connectivity index (χ3n) is 3.22. The normalized spacial score (nSPS) is 10.5. The summed E-state index contributed by atoms with van der Waals surface area (Å²) in [7, 11) is 2.08. The van der Waals surface area contributed by atoms with Crippen molar-refractivity contribution in [2.75, 3.05) is 11.9 Å². The van der Waals surface area contributed by atoms with E-state index in [-0.39, 0.29) is 0 Å². The largest absolute Gasteiger partial charge is 0.370 e. The van der Waals surface area contributed by atoms with Crippen molar-refractivity contribution < 1.29 is 0 Å². The van der Waals surface area contributed by atoms with Crippen LogP contribution in [0.4, 0.5) is 5.69 Å². The van der Waals surface area contributed by atoms with E-state index in [1.165, 1.54) is 22.4 Å². The Hall–Kier alpha value is -1.18. The molecule has 100 valence electrons. The monoisotopic (exact) mass is 293 g/mol. The van der Waals surface area contributed by atoms with E-state index in [2.05, 4.69) is 43.1 Å². The average Bonchev–Trinajstić information content (AvgIpc) is 2.38. The molecule has 0 atom stereocenters. The van der Waals surface area contributed by atoms with Crippen LogP contribution in [0, 0.1) is 6.92 Å². The lowest BCUT2D eigenvalue weighted by Gasteiger charge is -2.20. The van der Waals surface area contributed by atoms with Gasteiger partial charge in [0.25, 0.3) is 0 Å². The first-order chi connectivity index (χ1) is 9.10. The summed E-state index contributed by atoms with van der Waals surface area (Å²) in [4.78, 5) is 2.21. The number of hydrogen-bond acceptors (Lipinski definition) is 1. The summed E-state index contributed by atoms with van der Waals surface area (Å²) in [6.07, 6.45) is 0. The molecule has 2 rings (SSSR count). The molecule has 0 N–H and O–H groups in total. The van der Waals surface area contributed by atoms with Gasteiger partial charge < -0.3 is 4.90 Å². The third-order valence-corrected chi connectivity index (χ3v) is 3.74. The maximum atomic E-state index is 6.01. The van der Waals surface area contributed by atoms with Crippen LogP contribution in [-0.4, -0.2) is 7.05 Å². The van der Waals surface area contributed by atoms with Gasteiger partial charge in [-0.1, -0.05) is 29.8 Å². The molecule has 19 heavy (non-hydrogen) atoms. The van der Waals surface area contributed by atoms with Crippen molar-refractivity contribution in [1.29, 1.82) is 0 Å². The minimum atomic E-state index is 0.560. The van der Waals surface area contributed by atoms with Crippen LogP contribution >= 0.6 is 23.2 Å². The number of benzene rings is 2. The number of alkyl halides is 1. The van der Waals surface area contributed by atoms with E-state index in [9.17, 15) is 0 Å². The number of nitrogens with zero attached hydrogens (tertiary/aromatic N) is 1. The zero-order valence-electron chi connectivity index (χ0n) is 11.2. The third kappa shape index (κ3) is 3.65. The summed E-state index contributed by atoms with van der Waals surface area (Å²) < 4.78 is 0. The molecule has 0 bridgehead atoms. The van der Waals surface area contributed by atoms with Crippen LogP contribution in [0.3, 0.4) is 0 Å². The number of anilines is 1. The molecule has 0 saturated heterocycles. The van der Waals surface area contributed by atoms with Crippen molar-refractivity contribution in [1.82, 2.24) is 0 Å². The van der Waals surface area contributed by atoms with Gasteiger partial charge in [-0.3, -0.25) is 0 Å². The number of rotatable bonds is 4. The zero-order chi connectivity index (χ0) is 13.8. The van der Waals surface area contributed by atoms with E-state index < -0.39 is 0 Å². The Morgan fingerprint density at radius 3 is 2.53 bits per heavy atom. The standard InChI is InChI=1S/C16H17Cl2N/c1-12-8-16(7-6-14(12)10-17)19(2)11-13-4-3-5-15(18)9-13/h3-9H,10-11H2,1-2H3. The van der Waals surface area contributed by atoms with Gasteiger partial charge in [0.05, 0.1) is 0 Å². The second kappa shape index (κ2) is 6.31. The van der Waals surface area contributed by atoms with Gasteiger partial charge in [-0.05, 0) is 47.9 Å². The van der Waals surface area contributed by atoms with Crippen molar-refractivity contribution in [2.24, 2.45) is 0 Å². The van der Waals surface area contributed by atoms with E-state index in [4.69, 9.17) is 23.2 Å². The molecule has 0 spiro atoms. The summed E-state index contributed by atoms with van der Waals surface area (Å²) in [6.45, 7) is 2.93. The second-order valence-corrected chi connectivity index (χ2v) is 5.43. The van der Waals surface area contributed by atoms with Crippen molar-refractivity contribution in [2.45, 2.75) is 19.3 Å². The molecule has 3 heteroatoms. The molecular weight excluding hydrogens is 277 g/mol. The highest BCUT2D eigenvalue weighted by molar-refractivity contribution is 6.30. The van der Waals surface area contributed by atoms with Crippen LogP contribution in [0.5, 0.6) is 0 Å². The lowest BCUT2D eigenvalue weighted by molar-refractivity contribution is 0.921. The fourth-order valence-corrected chi connectivity index (χ4v) is 2.58. The SMILES string of the molecule is Cc1cc(N(C)Cc2cccc(Cl)c2)ccc1CCl. The maximum absolute atomic E-state index is 6.01. The Labute approximate surface area is 124 Å². The predicted molar refractivity (Wildman–Crippen MR) is 84.3 cm³/mol. The van der Waals surface area contributed by atoms with Crippen molar-refractivity contribution >= 4 is 28.9 Å². The summed E-state index contributed by atoms with van der Waals surface area (Å²) in [6, 6.07) is 14.3. The van der Waals surface area contributed by atoms with Gasteiger partial charge in [-0.2, -0.15) is 0 Å². The highest BCUT2D eigenvalue weighted by Gasteiger charge is 2.05. The maximum Gasteiger partial charge on any atom is 0.0476 e. The molecule has 0 aromatic heterocycles. The van der Waals surface area contributed by atoms with Crippen LogP contribution in [-0.2, 0) is 12.4 Å². The van der Waals surface area contributed by atoms with E-state index in [1.54, 1.807) is 0 Å². The van der Waals surface area contributed by atoms with Crippen LogP contribution in [0.2, 0.25) is 5.02 Å². The van der Waals surface area contributed by atoms with E-state index in [0.717, 1.165) is 11.6 Å². The number of aryl methyl sites for hydroxylation is 1. The molecule has 1 nitrogen and oxygen atoms in total. The average molecular weight is 294 g/mol. The smallest absolute Gasteiger partial charge is 0.0476 e. The Morgan fingerprint density at radius 2 is 1.89 bits per heavy atom. The molecule has 0 aliphatic heterocycles. The molecule has 2 aromatic rings.